The minimum Gasteiger partial charge on any atom is -0.362 e. The molecule has 0 heterocycles. The van der Waals surface area contributed by atoms with E-state index < -0.39 is 22.0 Å². The molecule has 1 atom stereocenters. The lowest BCUT2D eigenvalue weighted by Gasteiger charge is -2.19. The number of hydrogen-bond donors (Lipinski definition) is 4. The fourth-order valence-corrected chi connectivity index (χ4v) is 3.83. The van der Waals surface area contributed by atoms with Crippen LogP contribution in [0.5, 0.6) is 0 Å². The summed E-state index contributed by atoms with van der Waals surface area (Å²) in [6, 6.07) is 13.7. The maximum absolute atomic E-state index is 12.7. The molecule has 0 bridgehead atoms. The highest BCUT2D eigenvalue weighted by Gasteiger charge is 2.26. The number of thiocarbonyl (C=S) groups is 1. The predicted molar refractivity (Wildman–Crippen MR) is 113 cm³/mol. The minimum atomic E-state index is -3.94. The first-order valence-corrected chi connectivity index (χ1v) is 10.7. The Kier molecular flexibility index (Phi) is 8.18. The maximum atomic E-state index is 12.7. The number of sulfonamides is 1. The summed E-state index contributed by atoms with van der Waals surface area (Å²) in [6.07, 6.45) is 0.162. The molecule has 0 spiro atoms. The van der Waals surface area contributed by atoms with E-state index in [2.05, 4.69) is 20.9 Å². The van der Waals surface area contributed by atoms with E-state index in [0.717, 1.165) is 5.56 Å². The van der Waals surface area contributed by atoms with Crippen LogP contribution in [-0.4, -0.2) is 32.0 Å². The summed E-state index contributed by atoms with van der Waals surface area (Å²) in [5.74, 6) is -0.568. The molecule has 0 saturated heterocycles. The third-order valence-electron chi connectivity index (χ3n) is 3.66. The Labute approximate surface area is 174 Å². The van der Waals surface area contributed by atoms with Gasteiger partial charge in [0.1, 0.15) is 6.04 Å². The van der Waals surface area contributed by atoms with Crippen molar-refractivity contribution in [3.63, 3.8) is 0 Å². The normalized spacial score (nSPS) is 12.1. The van der Waals surface area contributed by atoms with E-state index in [1.165, 1.54) is 24.3 Å². The van der Waals surface area contributed by atoms with Crippen LogP contribution in [0.3, 0.4) is 0 Å². The standard InChI is InChI=1S/C18H21ClN4O3S2/c1-2-20-18(27)22-21-17(24)16(12-13-6-4-3-5-7-13)23-28(25,26)15-10-8-14(19)9-11-15/h3-11,16,23H,2,12H2,1H3,(H,21,24)(H2,20,22,27). The molecule has 4 N–H and O–H groups in total. The summed E-state index contributed by atoms with van der Waals surface area (Å²) in [4.78, 5) is 12.6. The molecule has 2 aromatic rings. The lowest BCUT2D eigenvalue weighted by atomic mass is 10.1. The van der Waals surface area contributed by atoms with Gasteiger partial charge in [-0.1, -0.05) is 41.9 Å². The van der Waals surface area contributed by atoms with Gasteiger partial charge >= 0.3 is 0 Å². The molecular weight excluding hydrogens is 420 g/mol. The van der Waals surface area contributed by atoms with Crippen LogP contribution in [0.4, 0.5) is 0 Å². The molecule has 150 valence electrons. The second-order valence-corrected chi connectivity index (χ2v) is 8.35. The van der Waals surface area contributed by atoms with E-state index in [1.807, 2.05) is 37.3 Å². The smallest absolute Gasteiger partial charge is 0.256 e. The summed E-state index contributed by atoms with van der Waals surface area (Å²) >= 11 is 10.8. The van der Waals surface area contributed by atoms with Gasteiger partial charge < -0.3 is 5.32 Å². The van der Waals surface area contributed by atoms with Gasteiger partial charge in [-0.05, 0) is 55.4 Å². The van der Waals surface area contributed by atoms with Gasteiger partial charge in [-0.25, -0.2) is 8.42 Å². The van der Waals surface area contributed by atoms with Crippen LogP contribution in [0.25, 0.3) is 0 Å². The Morgan fingerprint density at radius 1 is 1.07 bits per heavy atom. The summed E-state index contributed by atoms with van der Waals surface area (Å²) in [6.45, 7) is 2.44. The van der Waals surface area contributed by atoms with Crippen molar-refractivity contribution in [1.29, 1.82) is 0 Å². The van der Waals surface area contributed by atoms with Gasteiger partial charge in [-0.15, -0.1) is 0 Å². The molecule has 0 aliphatic carbocycles. The zero-order valence-corrected chi connectivity index (χ0v) is 17.5. The summed E-state index contributed by atoms with van der Waals surface area (Å²) in [7, 11) is -3.94. The van der Waals surface area contributed by atoms with Crippen molar-refractivity contribution in [2.45, 2.75) is 24.3 Å². The van der Waals surface area contributed by atoms with E-state index in [4.69, 9.17) is 23.8 Å². The van der Waals surface area contributed by atoms with Gasteiger partial charge in [-0.3, -0.25) is 15.6 Å². The van der Waals surface area contributed by atoms with Crippen molar-refractivity contribution in [3.8, 4) is 0 Å². The fourth-order valence-electron chi connectivity index (χ4n) is 2.32. The number of carbonyl (C=O) groups is 1. The summed E-state index contributed by atoms with van der Waals surface area (Å²) in [5.41, 5.74) is 5.78. The third-order valence-corrected chi connectivity index (χ3v) is 5.64. The van der Waals surface area contributed by atoms with Gasteiger partial charge in [0.15, 0.2) is 5.11 Å². The quantitative estimate of drug-likeness (QED) is 0.386. The highest BCUT2D eigenvalue weighted by molar-refractivity contribution is 7.89. The topological polar surface area (TPSA) is 99.3 Å². The summed E-state index contributed by atoms with van der Waals surface area (Å²) in [5, 5.41) is 3.47. The van der Waals surface area contributed by atoms with E-state index in [-0.39, 0.29) is 16.4 Å². The van der Waals surface area contributed by atoms with E-state index in [9.17, 15) is 13.2 Å². The number of benzene rings is 2. The lowest BCUT2D eigenvalue weighted by Crippen LogP contribution is -2.54. The molecule has 0 saturated carbocycles. The number of amides is 1. The predicted octanol–water partition coefficient (Wildman–Crippen LogP) is 1.74. The van der Waals surface area contributed by atoms with Crippen molar-refractivity contribution < 1.29 is 13.2 Å². The van der Waals surface area contributed by atoms with Crippen molar-refractivity contribution in [2.75, 3.05) is 6.54 Å². The number of hydrazine groups is 1. The molecule has 0 aliphatic rings. The fraction of sp³-hybridized carbons (Fsp3) is 0.222. The molecule has 1 amide bonds. The zero-order chi connectivity index (χ0) is 20.6. The first-order chi connectivity index (χ1) is 13.3. The Morgan fingerprint density at radius 2 is 1.71 bits per heavy atom. The van der Waals surface area contributed by atoms with Crippen molar-refractivity contribution in [1.82, 2.24) is 20.9 Å². The van der Waals surface area contributed by atoms with E-state index >= 15 is 0 Å². The lowest BCUT2D eigenvalue weighted by molar-refractivity contribution is -0.123. The Bertz CT molecular complexity index is 906. The van der Waals surface area contributed by atoms with Crippen LogP contribution in [0.15, 0.2) is 59.5 Å². The van der Waals surface area contributed by atoms with Crippen molar-refractivity contribution >= 4 is 44.9 Å². The first-order valence-electron chi connectivity index (χ1n) is 8.47. The van der Waals surface area contributed by atoms with Gasteiger partial charge in [-0.2, -0.15) is 4.72 Å². The van der Waals surface area contributed by atoms with Crippen molar-refractivity contribution in [3.05, 3.63) is 65.2 Å². The second-order valence-electron chi connectivity index (χ2n) is 5.79. The average Bonchev–Trinajstić information content (AvgIpc) is 2.67. The number of carbonyl (C=O) groups excluding carboxylic acids is 1. The number of hydrogen-bond acceptors (Lipinski definition) is 4. The van der Waals surface area contributed by atoms with Gasteiger partial charge in [0.05, 0.1) is 4.90 Å². The molecule has 2 aromatic carbocycles. The maximum Gasteiger partial charge on any atom is 0.256 e. The number of halogens is 1. The van der Waals surface area contributed by atoms with Crippen LogP contribution in [0.1, 0.15) is 12.5 Å². The molecule has 0 radical (unpaired) electrons. The summed E-state index contributed by atoms with van der Waals surface area (Å²) < 4.78 is 27.8. The minimum absolute atomic E-state index is 0.0129. The monoisotopic (exact) mass is 440 g/mol. The van der Waals surface area contributed by atoms with Crippen LogP contribution >= 0.6 is 23.8 Å². The second kappa shape index (κ2) is 10.4. The van der Waals surface area contributed by atoms with Gasteiger partial charge in [0.25, 0.3) is 5.91 Å². The zero-order valence-electron chi connectivity index (χ0n) is 15.1. The van der Waals surface area contributed by atoms with Gasteiger partial charge in [0, 0.05) is 11.6 Å². The van der Waals surface area contributed by atoms with E-state index in [0.29, 0.717) is 11.6 Å². The number of nitrogens with one attached hydrogen (secondary N) is 4. The van der Waals surface area contributed by atoms with Crippen LogP contribution in [-0.2, 0) is 21.2 Å². The first kappa shape index (κ1) is 22.1. The van der Waals surface area contributed by atoms with Crippen LogP contribution in [0.2, 0.25) is 5.02 Å². The largest absolute Gasteiger partial charge is 0.362 e. The average molecular weight is 441 g/mol. The molecule has 0 aromatic heterocycles. The van der Waals surface area contributed by atoms with Crippen LogP contribution in [0, 0.1) is 0 Å². The molecule has 0 aliphatic heterocycles. The van der Waals surface area contributed by atoms with Crippen molar-refractivity contribution in [2.24, 2.45) is 0 Å². The molecule has 2 rings (SSSR count). The SMILES string of the molecule is CCNC(=S)NNC(=O)C(Cc1ccccc1)NS(=O)(=O)c1ccc(Cl)cc1. The molecule has 10 heteroatoms. The van der Waals surface area contributed by atoms with E-state index in [1.54, 1.807) is 0 Å². The molecule has 1 unspecified atom stereocenters. The number of rotatable bonds is 7. The highest BCUT2D eigenvalue weighted by atomic mass is 35.5. The van der Waals surface area contributed by atoms with Crippen LogP contribution < -0.4 is 20.9 Å². The Morgan fingerprint density at radius 3 is 2.32 bits per heavy atom. The molecule has 0 fully saturated rings. The molecule has 28 heavy (non-hydrogen) atoms. The molecule has 7 nitrogen and oxygen atoms in total. The third kappa shape index (κ3) is 6.75. The Balaban J connectivity index is 2.18. The van der Waals surface area contributed by atoms with Gasteiger partial charge in [0.2, 0.25) is 10.0 Å². The molecular formula is C18H21ClN4O3S2. The highest BCUT2D eigenvalue weighted by Crippen LogP contribution is 2.15. The Hall–Kier alpha value is -2.20.